The molecule has 1 aliphatic heterocycles. The van der Waals surface area contributed by atoms with Crippen LogP contribution in [0.15, 0.2) is 23.8 Å². The Labute approximate surface area is 121 Å². The first kappa shape index (κ1) is 13.3. The van der Waals surface area contributed by atoms with Crippen molar-refractivity contribution in [2.24, 2.45) is 0 Å². The van der Waals surface area contributed by atoms with Gasteiger partial charge in [-0.2, -0.15) is 0 Å². The predicted octanol–water partition coefficient (Wildman–Crippen LogP) is 1.68. The average Bonchev–Trinajstić information content (AvgIpc) is 3.09. The predicted molar refractivity (Wildman–Crippen MR) is 76.4 cm³/mol. The van der Waals surface area contributed by atoms with Gasteiger partial charge in [-0.3, -0.25) is 4.79 Å². The number of fused-ring (bicyclic) bond motifs is 1. The van der Waals surface area contributed by atoms with Gasteiger partial charge in [0.2, 0.25) is 5.91 Å². The minimum atomic E-state index is 0.184. The fraction of sp³-hybridized carbons (Fsp3) is 0.429. The SMILES string of the molecule is COCc1ncn2c1CN(C(=O)Cc1cccs1)CC2. The summed E-state index contributed by atoms with van der Waals surface area (Å²) in [5, 5.41) is 2.00. The second kappa shape index (κ2) is 5.76. The van der Waals surface area contributed by atoms with Gasteiger partial charge in [-0.25, -0.2) is 4.98 Å². The molecule has 0 radical (unpaired) electrons. The zero-order chi connectivity index (χ0) is 13.9. The van der Waals surface area contributed by atoms with Gasteiger partial charge < -0.3 is 14.2 Å². The molecule has 20 heavy (non-hydrogen) atoms. The van der Waals surface area contributed by atoms with Crippen LogP contribution in [-0.2, 0) is 35.6 Å². The fourth-order valence-electron chi connectivity index (χ4n) is 2.46. The summed E-state index contributed by atoms with van der Waals surface area (Å²) in [6.45, 7) is 2.68. The third-order valence-corrected chi connectivity index (χ3v) is 4.40. The average molecular weight is 291 g/mol. The van der Waals surface area contributed by atoms with Crippen molar-refractivity contribution in [3.63, 3.8) is 0 Å². The second-order valence-electron chi connectivity index (χ2n) is 4.84. The molecule has 0 spiro atoms. The Morgan fingerprint density at radius 2 is 2.40 bits per heavy atom. The molecule has 0 fully saturated rings. The van der Waals surface area contributed by atoms with Crippen LogP contribution in [-0.4, -0.2) is 34.0 Å². The molecular formula is C14H17N3O2S. The molecule has 1 aliphatic rings. The molecule has 3 heterocycles. The highest BCUT2D eigenvalue weighted by Gasteiger charge is 2.23. The molecule has 0 saturated heterocycles. The van der Waals surface area contributed by atoms with Crippen molar-refractivity contribution >= 4 is 17.2 Å². The summed E-state index contributed by atoms with van der Waals surface area (Å²) in [6, 6.07) is 3.99. The summed E-state index contributed by atoms with van der Waals surface area (Å²) in [7, 11) is 1.66. The molecule has 5 nitrogen and oxygen atoms in total. The zero-order valence-corrected chi connectivity index (χ0v) is 12.2. The number of rotatable bonds is 4. The molecule has 0 saturated carbocycles. The minimum Gasteiger partial charge on any atom is -0.378 e. The summed E-state index contributed by atoms with van der Waals surface area (Å²) < 4.78 is 7.27. The Bertz CT molecular complexity index is 592. The molecule has 106 valence electrons. The van der Waals surface area contributed by atoms with Gasteiger partial charge in [0.25, 0.3) is 0 Å². The highest BCUT2D eigenvalue weighted by atomic mass is 32.1. The van der Waals surface area contributed by atoms with Gasteiger partial charge in [-0.1, -0.05) is 6.07 Å². The molecule has 2 aromatic rings. The number of thiophene rings is 1. The molecule has 0 aromatic carbocycles. The van der Waals surface area contributed by atoms with E-state index in [2.05, 4.69) is 9.55 Å². The van der Waals surface area contributed by atoms with Crippen molar-refractivity contribution in [3.8, 4) is 0 Å². The Morgan fingerprint density at radius 1 is 1.50 bits per heavy atom. The number of nitrogens with zero attached hydrogens (tertiary/aromatic N) is 3. The topological polar surface area (TPSA) is 47.4 Å². The van der Waals surface area contributed by atoms with E-state index >= 15 is 0 Å². The molecule has 0 N–H and O–H groups in total. The molecule has 1 amide bonds. The number of amides is 1. The van der Waals surface area contributed by atoms with Crippen LogP contribution in [0.3, 0.4) is 0 Å². The van der Waals surface area contributed by atoms with Crippen LogP contribution in [0.4, 0.5) is 0 Å². The van der Waals surface area contributed by atoms with E-state index in [1.807, 2.05) is 28.7 Å². The summed E-state index contributed by atoms with van der Waals surface area (Å²) in [4.78, 5) is 19.7. The minimum absolute atomic E-state index is 0.184. The lowest BCUT2D eigenvalue weighted by Crippen LogP contribution is -2.39. The van der Waals surface area contributed by atoms with Crippen LogP contribution in [0.1, 0.15) is 16.3 Å². The van der Waals surface area contributed by atoms with E-state index in [0.717, 1.165) is 29.4 Å². The first-order valence-electron chi connectivity index (χ1n) is 6.60. The summed E-state index contributed by atoms with van der Waals surface area (Å²) in [5.41, 5.74) is 2.03. The van der Waals surface area contributed by atoms with Crippen molar-refractivity contribution in [2.75, 3.05) is 13.7 Å². The smallest absolute Gasteiger partial charge is 0.228 e. The molecule has 0 atom stereocenters. The highest BCUT2D eigenvalue weighted by molar-refractivity contribution is 7.10. The van der Waals surface area contributed by atoms with Crippen molar-refractivity contribution in [1.29, 1.82) is 0 Å². The van der Waals surface area contributed by atoms with Gasteiger partial charge >= 0.3 is 0 Å². The van der Waals surface area contributed by atoms with Gasteiger partial charge in [0.1, 0.15) is 0 Å². The molecule has 0 bridgehead atoms. The normalized spacial score (nSPS) is 14.3. The lowest BCUT2D eigenvalue weighted by molar-refractivity contribution is -0.131. The van der Waals surface area contributed by atoms with Gasteiger partial charge in [0.05, 0.1) is 37.3 Å². The Morgan fingerprint density at radius 3 is 3.15 bits per heavy atom. The number of carbonyl (C=O) groups is 1. The number of methoxy groups -OCH3 is 1. The van der Waals surface area contributed by atoms with Crippen molar-refractivity contribution in [1.82, 2.24) is 14.5 Å². The quantitative estimate of drug-likeness (QED) is 0.861. The standard InChI is InChI=1S/C14H17N3O2S/c1-19-9-12-13-8-16(4-5-17(13)10-15-12)14(18)7-11-3-2-6-20-11/h2-3,6,10H,4-5,7-9H2,1H3. The molecule has 0 aliphatic carbocycles. The largest absolute Gasteiger partial charge is 0.378 e. The number of aromatic nitrogens is 2. The number of hydrogen-bond donors (Lipinski definition) is 0. The van der Waals surface area contributed by atoms with Crippen molar-refractivity contribution in [2.45, 2.75) is 26.1 Å². The van der Waals surface area contributed by atoms with Crippen LogP contribution in [0.2, 0.25) is 0 Å². The molecule has 0 unspecified atom stereocenters. The summed E-state index contributed by atoms with van der Waals surface area (Å²) in [5.74, 6) is 0.184. The van der Waals surface area contributed by atoms with Crippen LogP contribution in [0, 0.1) is 0 Å². The third-order valence-electron chi connectivity index (χ3n) is 3.52. The lowest BCUT2D eigenvalue weighted by Gasteiger charge is -2.28. The van der Waals surface area contributed by atoms with Crippen LogP contribution < -0.4 is 0 Å². The van der Waals surface area contributed by atoms with Crippen LogP contribution >= 0.6 is 11.3 Å². The number of carbonyl (C=O) groups excluding carboxylic acids is 1. The van der Waals surface area contributed by atoms with E-state index in [-0.39, 0.29) is 5.91 Å². The first-order chi connectivity index (χ1) is 9.78. The van der Waals surface area contributed by atoms with E-state index < -0.39 is 0 Å². The van der Waals surface area contributed by atoms with E-state index in [1.54, 1.807) is 18.4 Å². The molecule has 3 rings (SSSR count). The number of ether oxygens (including phenoxy) is 1. The maximum atomic E-state index is 12.3. The Hall–Kier alpha value is -1.66. The van der Waals surface area contributed by atoms with E-state index in [9.17, 15) is 4.79 Å². The Balaban J connectivity index is 1.71. The molecule has 2 aromatic heterocycles. The van der Waals surface area contributed by atoms with Crippen molar-refractivity contribution in [3.05, 3.63) is 40.1 Å². The first-order valence-corrected chi connectivity index (χ1v) is 7.48. The van der Waals surface area contributed by atoms with Crippen LogP contribution in [0.25, 0.3) is 0 Å². The van der Waals surface area contributed by atoms with Gasteiger partial charge in [-0.05, 0) is 11.4 Å². The molecule has 6 heteroatoms. The third kappa shape index (κ3) is 2.62. The van der Waals surface area contributed by atoms with E-state index in [1.165, 1.54) is 0 Å². The number of hydrogen-bond acceptors (Lipinski definition) is 4. The molecular weight excluding hydrogens is 274 g/mol. The van der Waals surface area contributed by atoms with E-state index in [0.29, 0.717) is 19.6 Å². The van der Waals surface area contributed by atoms with Gasteiger partial charge in [0.15, 0.2) is 0 Å². The maximum Gasteiger partial charge on any atom is 0.228 e. The second-order valence-corrected chi connectivity index (χ2v) is 5.87. The number of imidazole rings is 1. The Kier molecular flexibility index (Phi) is 3.84. The maximum absolute atomic E-state index is 12.3. The highest BCUT2D eigenvalue weighted by Crippen LogP contribution is 2.18. The monoisotopic (exact) mass is 291 g/mol. The van der Waals surface area contributed by atoms with E-state index in [4.69, 9.17) is 4.74 Å². The van der Waals surface area contributed by atoms with Gasteiger partial charge in [-0.15, -0.1) is 11.3 Å². The lowest BCUT2D eigenvalue weighted by atomic mass is 10.2. The summed E-state index contributed by atoms with van der Waals surface area (Å²) in [6.07, 6.45) is 2.33. The fourth-order valence-corrected chi connectivity index (χ4v) is 3.15. The van der Waals surface area contributed by atoms with Crippen molar-refractivity contribution < 1.29 is 9.53 Å². The van der Waals surface area contributed by atoms with Gasteiger partial charge in [0, 0.05) is 25.1 Å². The zero-order valence-electron chi connectivity index (χ0n) is 11.4. The summed E-state index contributed by atoms with van der Waals surface area (Å²) >= 11 is 1.63. The van der Waals surface area contributed by atoms with Crippen LogP contribution in [0.5, 0.6) is 0 Å².